The van der Waals surface area contributed by atoms with Gasteiger partial charge in [0.25, 0.3) is 0 Å². The van der Waals surface area contributed by atoms with Crippen LogP contribution in [0.4, 0.5) is 0 Å². The molecule has 0 saturated carbocycles. The maximum Gasteiger partial charge on any atom is 0.204 e. The van der Waals surface area contributed by atoms with Gasteiger partial charge in [-0.05, 0) is 12.1 Å². The normalized spacial score (nSPS) is 10.6. The van der Waals surface area contributed by atoms with Crippen LogP contribution in [0.15, 0.2) is 29.6 Å². The smallest absolute Gasteiger partial charge is 0.204 e. The maximum absolute atomic E-state index is 4.44. The largest absolute Gasteiger partial charge is 0.241 e. The summed E-state index contributed by atoms with van der Waals surface area (Å²) in [6.45, 7) is 1.99. The number of aryl methyl sites for hydroxylation is 1. The number of nitrogens with one attached hydrogen (secondary N) is 1. The van der Waals surface area contributed by atoms with E-state index in [9.17, 15) is 0 Å². The number of tetrazole rings is 1. The van der Waals surface area contributed by atoms with Gasteiger partial charge in [-0.15, -0.1) is 21.5 Å². The molecule has 2 heterocycles. The lowest BCUT2D eigenvalue weighted by Gasteiger charge is -1.97. The summed E-state index contributed by atoms with van der Waals surface area (Å²) < 4.78 is 0. The van der Waals surface area contributed by atoms with E-state index in [-0.39, 0.29) is 0 Å². The van der Waals surface area contributed by atoms with Gasteiger partial charge in [0.1, 0.15) is 5.01 Å². The van der Waals surface area contributed by atoms with Crippen molar-refractivity contribution in [3.63, 3.8) is 0 Å². The first kappa shape index (κ1) is 10.1. The molecule has 3 aromatic rings. The SMILES string of the molecule is Cc1csc(-c2ccc(-c3nn[nH]n3)cc2)n1. The Morgan fingerprint density at radius 3 is 2.47 bits per heavy atom. The van der Waals surface area contributed by atoms with Crippen molar-refractivity contribution in [2.45, 2.75) is 6.92 Å². The molecule has 0 fully saturated rings. The Kier molecular flexibility index (Phi) is 2.41. The van der Waals surface area contributed by atoms with Gasteiger partial charge in [0, 0.05) is 22.2 Å². The number of nitrogens with zero attached hydrogens (tertiary/aromatic N) is 4. The van der Waals surface area contributed by atoms with Gasteiger partial charge >= 0.3 is 0 Å². The van der Waals surface area contributed by atoms with Crippen LogP contribution < -0.4 is 0 Å². The van der Waals surface area contributed by atoms with Gasteiger partial charge in [-0.25, -0.2) is 4.98 Å². The van der Waals surface area contributed by atoms with E-state index >= 15 is 0 Å². The second-order valence-corrected chi connectivity index (χ2v) is 4.46. The lowest BCUT2D eigenvalue weighted by molar-refractivity contribution is 0.881. The molecule has 0 aliphatic heterocycles. The molecule has 17 heavy (non-hydrogen) atoms. The van der Waals surface area contributed by atoms with Gasteiger partial charge in [0.05, 0.1) is 0 Å². The minimum absolute atomic E-state index is 0.604. The first-order valence-corrected chi connectivity index (χ1v) is 5.97. The van der Waals surface area contributed by atoms with Crippen LogP contribution in [0.25, 0.3) is 22.0 Å². The summed E-state index contributed by atoms with van der Waals surface area (Å²) in [6, 6.07) is 7.97. The van der Waals surface area contributed by atoms with Crippen LogP contribution in [-0.4, -0.2) is 25.6 Å². The molecule has 0 bridgehead atoms. The molecule has 1 N–H and O–H groups in total. The fourth-order valence-corrected chi connectivity index (χ4v) is 2.34. The van der Waals surface area contributed by atoms with Crippen molar-refractivity contribution >= 4 is 11.3 Å². The molecule has 84 valence electrons. The van der Waals surface area contributed by atoms with E-state index in [4.69, 9.17) is 0 Å². The standard InChI is InChI=1S/C11H9N5S/c1-7-6-17-11(12-7)9-4-2-8(3-5-9)10-13-15-16-14-10/h2-6H,1H3,(H,13,14,15,16). The zero-order valence-corrected chi connectivity index (χ0v) is 9.90. The Labute approximate surface area is 102 Å². The first-order chi connectivity index (χ1) is 8.33. The zero-order valence-electron chi connectivity index (χ0n) is 9.08. The van der Waals surface area contributed by atoms with E-state index in [1.54, 1.807) is 11.3 Å². The summed E-state index contributed by atoms with van der Waals surface area (Å²) in [6.07, 6.45) is 0. The van der Waals surface area contributed by atoms with E-state index in [0.717, 1.165) is 21.8 Å². The molecule has 0 unspecified atom stereocenters. The molecule has 0 radical (unpaired) electrons. The minimum atomic E-state index is 0.604. The van der Waals surface area contributed by atoms with E-state index in [2.05, 4.69) is 25.6 Å². The van der Waals surface area contributed by atoms with Crippen LogP contribution in [0.5, 0.6) is 0 Å². The molecule has 6 heteroatoms. The average molecular weight is 243 g/mol. The van der Waals surface area contributed by atoms with E-state index < -0.39 is 0 Å². The fraction of sp³-hybridized carbons (Fsp3) is 0.0909. The highest BCUT2D eigenvalue weighted by Crippen LogP contribution is 2.25. The Hall–Kier alpha value is -2.08. The number of hydrogen-bond donors (Lipinski definition) is 1. The summed E-state index contributed by atoms with van der Waals surface area (Å²) in [5, 5.41) is 16.9. The third kappa shape index (κ3) is 1.94. The molecule has 5 nitrogen and oxygen atoms in total. The summed E-state index contributed by atoms with van der Waals surface area (Å²) in [5.41, 5.74) is 3.10. The minimum Gasteiger partial charge on any atom is -0.241 e. The van der Waals surface area contributed by atoms with Crippen LogP contribution in [-0.2, 0) is 0 Å². The topological polar surface area (TPSA) is 67.3 Å². The van der Waals surface area contributed by atoms with Gasteiger partial charge in [0.2, 0.25) is 5.82 Å². The van der Waals surface area contributed by atoms with Crippen molar-refractivity contribution in [1.29, 1.82) is 0 Å². The summed E-state index contributed by atoms with van der Waals surface area (Å²) in [5.74, 6) is 0.604. The molecule has 2 aromatic heterocycles. The van der Waals surface area contributed by atoms with Crippen LogP contribution in [0.3, 0.4) is 0 Å². The highest BCUT2D eigenvalue weighted by Gasteiger charge is 2.05. The Bertz CT molecular complexity index is 612. The van der Waals surface area contributed by atoms with Crippen molar-refractivity contribution in [3.05, 3.63) is 35.3 Å². The Morgan fingerprint density at radius 2 is 1.88 bits per heavy atom. The lowest BCUT2D eigenvalue weighted by atomic mass is 10.1. The van der Waals surface area contributed by atoms with E-state index in [1.165, 1.54) is 0 Å². The molecule has 0 spiro atoms. The monoisotopic (exact) mass is 243 g/mol. The molecule has 0 aliphatic carbocycles. The highest BCUT2D eigenvalue weighted by atomic mass is 32.1. The average Bonchev–Trinajstić information content (AvgIpc) is 3.00. The molecular formula is C11H9N5S. The molecular weight excluding hydrogens is 234 g/mol. The lowest BCUT2D eigenvalue weighted by Crippen LogP contribution is -1.82. The van der Waals surface area contributed by atoms with Crippen LogP contribution in [0.2, 0.25) is 0 Å². The maximum atomic E-state index is 4.44. The quantitative estimate of drug-likeness (QED) is 0.750. The Morgan fingerprint density at radius 1 is 1.12 bits per heavy atom. The zero-order chi connectivity index (χ0) is 11.7. The predicted molar refractivity (Wildman–Crippen MR) is 65.5 cm³/mol. The van der Waals surface area contributed by atoms with Gasteiger partial charge in [-0.1, -0.05) is 24.3 Å². The number of rotatable bonds is 2. The van der Waals surface area contributed by atoms with Gasteiger partial charge < -0.3 is 0 Å². The Balaban J connectivity index is 1.95. The van der Waals surface area contributed by atoms with E-state index in [1.807, 2.05) is 36.6 Å². The van der Waals surface area contributed by atoms with Crippen LogP contribution in [0.1, 0.15) is 5.69 Å². The van der Waals surface area contributed by atoms with Crippen molar-refractivity contribution in [3.8, 4) is 22.0 Å². The number of hydrogen-bond acceptors (Lipinski definition) is 5. The number of H-pyrrole nitrogens is 1. The van der Waals surface area contributed by atoms with Gasteiger partial charge in [-0.2, -0.15) is 5.21 Å². The fourth-order valence-electron chi connectivity index (χ4n) is 1.53. The third-order valence-electron chi connectivity index (χ3n) is 2.35. The van der Waals surface area contributed by atoms with E-state index in [0.29, 0.717) is 5.82 Å². The summed E-state index contributed by atoms with van der Waals surface area (Å²) >= 11 is 1.65. The number of benzene rings is 1. The summed E-state index contributed by atoms with van der Waals surface area (Å²) in [4.78, 5) is 4.44. The summed E-state index contributed by atoms with van der Waals surface area (Å²) in [7, 11) is 0. The highest BCUT2D eigenvalue weighted by molar-refractivity contribution is 7.13. The number of thiazole rings is 1. The molecule has 0 saturated heterocycles. The van der Waals surface area contributed by atoms with Crippen molar-refractivity contribution in [2.75, 3.05) is 0 Å². The molecule has 3 rings (SSSR count). The van der Waals surface area contributed by atoms with Gasteiger partial charge in [0.15, 0.2) is 0 Å². The van der Waals surface area contributed by atoms with Crippen LogP contribution >= 0.6 is 11.3 Å². The van der Waals surface area contributed by atoms with Crippen molar-refractivity contribution in [2.24, 2.45) is 0 Å². The first-order valence-electron chi connectivity index (χ1n) is 5.09. The number of aromatic nitrogens is 5. The molecule has 0 amide bonds. The molecule has 0 aliphatic rings. The van der Waals surface area contributed by atoms with Crippen LogP contribution in [0, 0.1) is 6.92 Å². The van der Waals surface area contributed by atoms with Crippen molar-refractivity contribution < 1.29 is 0 Å². The second-order valence-electron chi connectivity index (χ2n) is 3.61. The molecule has 0 atom stereocenters. The third-order valence-corrected chi connectivity index (χ3v) is 3.36. The predicted octanol–water partition coefficient (Wildman–Crippen LogP) is 2.30. The number of aromatic amines is 1. The second kappa shape index (κ2) is 4.06. The molecule has 1 aromatic carbocycles. The van der Waals surface area contributed by atoms with Gasteiger partial charge in [-0.3, -0.25) is 0 Å². The van der Waals surface area contributed by atoms with Crippen molar-refractivity contribution in [1.82, 2.24) is 25.6 Å².